The number of hydrogen-bond acceptors (Lipinski definition) is 5. The number of methoxy groups -OCH3 is 2. The van der Waals surface area contributed by atoms with Crippen molar-refractivity contribution in [2.75, 3.05) is 58.5 Å². The lowest BCUT2D eigenvalue weighted by molar-refractivity contribution is 0.209. The molecule has 7 nitrogen and oxygen atoms in total. The summed E-state index contributed by atoms with van der Waals surface area (Å²) >= 11 is 12.2. The molecule has 2 aromatic carbocycles. The summed E-state index contributed by atoms with van der Waals surface area (Å²) in [4.78, 5) is 16.8. The molecular weight excluding hydrogens is 451 g/mol. The van der Waals surface area contributed by atoms with Gasteiger partial charge in [0, 0.05) is 31.4 Å². The van der Waals surface area contributed by atoms with Crippen LogP contribution in [0.4, 0.5) is 16.2 Å². The van der Waals surface area contributed by atoms with E-state index in [4.69, 9.17) is 38.4 Å². The van der Waals surface area contributed by atoms with E-state index in [9.17, 15) is 4.79 Å². The highest BCUT2D eigenvalue weighted by Gasteiger charge is 2.22. The lowest BCUT2D eigenvalue weighted by atomic mass is 10.1. The number of benzene rings is 2. The molecule has 1 aliphatic heterocycles. The zero-order valence-corrected chi connectivity index (χ0v) is 20.2. The van der Waals surface area contributed by atoms with Gasteiger partial charge in [0.05, 0.1) is 30.0 Å². The zero-order chi connectivity index (χ0) is 23.3. The maximum absolute atomic E-state index is 12.7. The first-order valence-corrected chi connectivity index (χ1v) is 11.3. The summed E-state index contributed by atoms with van der Waals surface area (Å²) in [6.45, 7) is 3.06. The summed E-state index contributed by atoms with van der Waals surface area (Å²) in [5.74, 6) is 1.27. The average molecular weight is 481 g/mol. The molecule has 0 bridgehead atoms. The third-order valence-electron chi connectivity index (χ3n) is 5.68. The molecule has 174 valence electrons. The van der Waals surface area contributed by atoms with Gasteiger partial charge in [-0.15, -0.1) is 0 Å². The normalized spacial score (nSPS) is 13.6. The highest BCUT2D eigenvalue weighted by atomic mass is 35.5. The van der Waals surface area contributed by atoms with Crippen molar-refractivity contribution in [3.8, 4) is 11.5 Å². The number of nitrogens with zero attached hydrogens (tertiary/aromatic N) is 2. The van der Waals surface area contributed by atoms with E-state index in [1.54, 1.807) is 14.2 Å². The van der Waals surface area contributed by atoms with E-state index in [-0.39, 0.29) is 6.03 Å². The Morgan fingerprint density at radius 2 is 1.75 bits per heavy atom. The number of ether oxygens (including phenoxy) is 2. The van der Waals surface area contributed by atoms with Crippen LogP contribution in [0, 0.1) is 0 Å². The van der Waals surface area contributed by atoms with Crippen LogP contribution in [-0.2, 0) is 12.8 Å². The standard InChI is InChI=1S/C23H30Cl2N4O3/c1-28(9-5-15-11-17(24)22(26)18(25)12-15)7-4-8-29-10-6-16-13-20(31-2)21(32-3)14-19(16)27-23(29)30/h11-14H,4-10,26H2,1-3H3,(H,27,30). The van der Waals surface area contributed by atoms with Gasteiger partial charge in [0.1, 0.15) is 0 Å². The SMILES string of the molecule is COc1cc2c(cc1OC)NC(=O)N(CCCN(C)CCc1cc(Cl)c(N)c(Cl)c1)CC2. The van der Waals surface area contributed by atoms with Crippen LogP contribution >= 0.6 is 23.2 Å². The number of halogens is 2. The molecule has 2 amide bonds. The number of nitrogen functional groups attached to an aromatic ring is 1. The quantitative estimate of drug-likeness (QED) is 0.514. The number of anilines is 2. The fraction of sp³-hybridized carbons (Fsp3) is 0.435. The van der Waals surface area contributed by atoms with Gasteiger partial charge in [0.25, 0.3) is 0 Å². The molecule has 0 saturated carbocycles. The number of fused-ring (bicyclic) bond motifs is 1. The van der Waals surface area contributed by atoms with E-state index in [0.29, 0.717) is 40.3 Å². The smallest absolute Gasteiger partial charge is 0.321 e. The molecule has 1 heterocycles. The molecular formula is C23H30Cl2N4O3. The van der Waals surface area contributed by atoms with Gasteiger partial charge >= 0.3 is 6.03 Å². The Hall–Kier alpha value is -2.35. The molecule has 0 radical (unpaired) electrons. The van der Waals surface area contributed by atoms with E-state index in [1.807, 2.05) is 29.2 Å². The number of carbonyl (C=O) groups is 1. The molecule has 0 saturated heterocycles. The molecule has 1 aliphatic rings. The van der Waals surface area contributed by atoms with Crippen molar-refractivity contribution in [3.05, 3.63) is 45.4 Å². The molecule has 0 fully saturated rings. The highest BCUT2D eigenvalue weighted by molar-refractivity contribution is 6.38. The lowest BCUT2D eigenvalue weighted by Crippen LogP contribution is -2.36. The van der Waals surface area contributed by atoms with Crippen molar-refractivity contribution in [1.29, 1.82) is 0 Å². The predicted octanol–water partition coefficient (Wildman–Crippen LogP) is 4.55. The number of urea groups is 1. The summed E-state index contributed by atoms with van der Waals surface area (Å²) in [5.41, 5.74) is 9.08. The molecule has 32 heavy (non-hydrogen) atoms. The number of amides is 2. The van der Waals surface area contributed by atoms with E-state index >= 15 is 0 Å². The topological polar surface area (TPSA) is 80.1 Å². The first-order chi connectivity index (χ1) is 15.3. The van der Waals surface area contributed by atoms with Crippen molar-refractivity contribution in [1.82, 2.24) is 9.80 Å². The number of nitrogens with one attached hydrogen (secondary N) is 1. The van der Waals surface area contributed by atoms with Gasteiger partial charge in [-0.1, -0.05) is 23.2 Å². The molecule has 0 atom stereocenters. The summed E-state index contributed by atoms with van der Waals surface area (Å²) < 4.78 is 10.7. The summed E-state index contributed by atoms with van der Waals surface area (Å²) in [5, 5.41) is 3.97. The van der Waals surface area contributed by atoms with Gasteiger partial charge in [-0.3, -0.25) is 0 Å². The number of likely N-dealkylation sites (N-methyl/N-ethyl adjacent to an activating group) is 1. The van der Waals surface area contributed by atoms with Gasteiger partial charge < -0.3 is 30.3 Å². The Bertz CT molecular complexity index is 947. The van der Waals surface area contributed by atoms with Crippen molar-refractivity contribution < 1.29 is 14.3 Å². The van der Waals surface area contributed by atoms with Crippen molar-refractivity contribution in [3.63, 3.8) is 0 Å². The van der Waals surface area contributed by atoms with Crippen LogP contribution in [0.5, 0.6) is 11.5 Å². The van der Waals surface area contributed by atoms with Crippen LogP contribution in [0.25, 0.3) is 0 Å². The molecule has 0 aliphatic carbocycles. The molecule has 0 spiro atoms. The minimum atomic E-state index is -0.0928. The Kier molecular flexibility index (Phi) is 8.34. The van der Waals surface area contributed by atoms with Gasteiger partial charge in [-0.2, -0.15) is 0 Å². The molecule has 3 rings (SSSR count). The maximum Gasteiger partial charge on any atom is 0.321 e. The number of nitrogens with two attached hydrogens (primary N) is 1. The molecule has 2 aromatic rings. The minimum Gasteiger partial charge on any atom is -0.493 e. The van der Waals surface area contributed by atoms with Crippen molar-refractivity contribution in [2.45, 2.75) is 19.3 Å². The fourth-order valence-corrected chi connectivity index (χ4v) is 4.29. The second-order valence-electron chi connectivity index (χ2n) is 7.91. The first kappa shape index (κ1) is 24.3. The second kappa shape index (κ2) is 11.0. The Morgan fingerprint density at radius 3 is 2.41 bits per heavy atom. The van der Waals surface area contributed by atoms with Crippen LogP contribution in [0.1, 0.15) is 17.5 Å². The molecule has 0 aromatic heterocycles. The fourth-order valence-electron chi connectivity index (χ4n) is 3.75. The largest absolute Gasteiger partial charge is 0.493 e. The summed E-state index contributed by atoms with van der Waals surface area (Å²) in [6, 6.07) is 7.38. The molecule has 0 unspecified atom stereocenters. The van der Waals surface area contributed by atoms with E-state index in [0.717, 1.165) is 49.2 Å². The third-order valence-corrected chi connectivity index (χ3v) is 6.30. The van der Waals surface area contributed by atoms with Crippen LogP contribution in [0.2, 0.25) is 10.0 Å². The van der Waals surface area contributed by atoms with Gasteiger partial charge in [0.2, 0.25) is 0 Å². The van der Waals surface area contributed by atoms with Crippen LogP contribution in [0.15, 0.2) is 24.3 Å². The number of hydrogen-bond donors (Lipinski definition) is 2. The monoisotopic (exact) mass is 480 g/mol. The number of rotatable bonds is 9. The Balaban J connectivity index is 1.49. The van der Waals surface area contributed by atoms with E-state index < -0.39 is 0 Å². The minimum absolute atomic E-state index is 0.0928. The number of carbonyl (C=O) groups excluding carboxylic acids is 1. The highest BCUT2D eigenvalue weighted by Crippen LogP contribution is 2.35. The average Bonchev–Trinajstić information content (AvgIpc) is 2.92. The van der Waals surface area contributed by atoms with Gasteiger partial charge in [-0.05, 0) is 62.2 Å². The Morgan fingerprint density at radius 1 is 1.09 bits per heavy atom. The summed E-state index contributed by atoms with van der Waals surface area (Å²) in [6.07, 6.45) is 2.44. The third kappa shape index (κ3) is 5.91. The lowest BCUT2D eigenvalue weighted by Gasteiger charge is -2.22. The predicted molar refractivity (Wildman–Crippen MR) is 131 cm³/mol. The summed E-state index contributed by atoms with van der Waals surface area (Å²) in [7, 11) is 5.26. The van der Waals surface area contributed by atoms with E-state index in [1.165, 1.54) is 0 Å². The first-order valence-electron chi connectivity index (χ1n) is 10.5. The molecule has 9 heteroatoms. The van der Waals surface area contributed by atoms with Gasteiger partial charge in [0.15, 0.2) is 11.5 Å². The van der Waals surface area contributed by atoms with Crippen LogP contribution < -0.4 is 20.5 Å². The van der Waals surface area contributed by atoms with Gasteiger partial charge in [-0.25, -0.2) is 4.79 Å². The maximum atomic E-state index is 12.7. The zero-order valence-electron chi connectivity index (χ0n) is 18.7. The van der Waals surface area contributed by atoms with Crippen molar-refractivity contribution >= 4 is 40.6 Å². The van der Waals surface area contributed by atoms with E-state index in [2.05, 4.69) is 17.3 Å². The second-order valence-corrected chi connectivity index (χ2v) is 8.73. The van der Waals surface area contributed by atoms with Crippen molar-refractivity contribution in [2.24, 2.45) is 0 Å². The Labute approximate surface area is 199 Å². The molecule has 3 N–H and O–H groups in total. The van der Waals surface area contributed by atoms with Crippen LogP contribution in [-0.4, -0.2) is 63.3 Å². The van der Waals surface area contributed by atoms with Crippen LogP contribution in [0.3, 0.4) is 0 Å².